The maximum Gasteiger partial charge on any atom is 0.0721 e. The van der Waals surface area contributed by atoms with Gasteiger partial charge in [0.15, 0.2) is 0 Å². The highest BCUT2D eigenvalue weighted by atomic mass is 16.5. The molecule has 2 fully saturated rings. The Morgan fingerprint density at radius 3 is 2.29 bits per heavy atom. The predicted molar refractivity (Wildman–Crippen MR) is 134 cm³/mol. The van der Waals surface area contributed by atoms with Crippen molar-refractivity contribution in [3.05, 3.63) is 72.4 Å². The van der Waals surface area contributed by atoms with Gasteiger partial charge in [0.1, 0.15) is 0 Å². The summed E-state index contributed by atoms with van der Waals surface area (Å²) < 4.78 is 5.55. The van der Waals surface area contributed by atoms with Crippen LogP contribution in [0.4, 0.5) is 0 Å². The molecule has 0 spiro atoms. The molecule has 31 heavy (non-hydrogen) atoms. The van der Waals surface area contributed by atoms with Gasteiger partial charge in [0.05, 0.1) is 13.2 Å². The number of ether oxygens (including phenoxy) is 1. The van der Waals surface area contributed by atoms with Crippen molar-refractivity contribution in [2.24, 2.45) is 17.3 Å². The third-order valence-electron chi connectivity index (χ3n) is 8.01. The van der Waals surface area contributed by atoms with Crippen molar-refractivity contribution in [1.29, 1.82) is 0 Å². The second-order valence-electron chi connectivity index (χ2n) is 10.0. The Morgan fingerprint density at radius 1 is 1.00 bits per heavy atom. The van der Waals surface area contributed by atoms with Crippen molar-refractivity contribution < 1.29 is 4.74 Å². The molecule has 0 heterocycles. The predicted octanol–water partition coefficient (Wildman–Crippen LogP) is 8.60. The van der Waals surface area contributed by atoms with E-state index in [4.69, 9.17) is 4.74 Å². The van der Waals surface area contributed by atoms with Crippen molar-refractivity contribution in [1.82, 2.24) is 0 Å². The Morgan fingerprint density at radius 2 is 1.68 bits per heavy atom. The lowest BCUT2D eigenvalue weighted by Crippen LogP contribution is -2.24. The molecule has 2 aliphatic rings. The highest BCUT2D eigenvalue weighted by Gasteiger charge is 2.30. The van der Waals surface area contributed by atoms with Crippen molar-refractivity contribution in [2.45, 2.75) is 90.6 Å². The van der Waals surface area contributed by atoms with Gasteiger partial charge in [0, 0.05) is 0 Å². The van der Waals surface area contributed by atoms with E-state index in [1.54, 1.807) is 11.6 Å². The lowest BCUT2D eigenvalue weighted by Gasteiger charge is -2.37. The zero-order valence-corrected chi connectivity index (χ0v) is 19.9. The molecule has 0 aliphatic heterocycles. The zero-order valence-electron chi connectivity index (χ0n) is 19.9. The summed E-state index contributed by atoms with van der Waals surface area (Å²) in [5.74, 6) is 1.71. The van der Waals surface area contributed by atoms with Gasteiger partial charge >= 0.3 is 0 Å². The van der Waals surface area contributed by atoms with Crippen LogP contribution in [0.25, 0.3) is 0 Å². The van der Waals surface area contributed by atoms with E-state index < -0.39 is 0 Å². The van der Waals surface area contributed by atoms with Crippen molar-refractivity contribution in [3.8, 4) is 0 Å². The maximum absolute atomic E-state index is 5.55. The van der Waals surface area contributed by atoms with E-state index in [0.717, 1.165) is 18.3 Å². The smallest absolute Gasteiger partial charge is 0.0721 e. The summed E-state index contributed by atoms with van der Waals surface area (Å²) in [6.45, 7) is 11.4. The monoisotopic (exact) mass is 420 g/mol. The van der Waals surface area contributed by atoms with Gasteiger partial charge in [-0.1, -0.05) is 67.3 Å². The van der Waals surface area contributed by atoms with Gasteiger partial charge in [0.25, 0.3) is 0 Å². The summed E-state index contributed by atoms with van der Waals surface area (Å²) in [6, 6.07) is 8.98. The van der Waals surface area contributed by atoms with Gasteiger partial charge in [-0.2, -0.15) is 0 Å². The number of hydrogen-bond acceptors (Lipinski definition) is 1. The fourth-order valence-electron chi connectivity index (χ4n) is 5.86. The average molecular weight is 421 g/mol. The molecule has 3 rings (SSSR count). The molecule has 1 aromatic carbocycles. The second kappa shape index (κ2) is 12.4. The van der Waals surface area contributed by atoms with Crippen LogP contribution in [0.1, 0.15) is 88.7 Å². The first-order valence-electron chi connectivity index (χ1n) is 12.7. The quantitative estimate of drug-likeness (QED) is 0.257. The van der Waals surface area contributed by atoms with Crippen molar-refractivity contribution in [3.63, 3.8) is 0 Å². The molecule has 170 valence electrons. The SMILES string of the molecule is C=CCOCc1ccc(CC(=CC)C2CCC(CCC3(C=C)CCCCC3)CC2)cc1. The van der Waals surface area contributed by atoms with Crippen molar-refractivity contribution in [2.75, 3.05) is 6.61 Å². The molecule has 0 radical (unpaired) electrons. The Kier molecular flexibility index (Phi) is 9.65. The molecular formula is C30H44O. The summed E-state index contributed by atoms with van der Waals surface area (Å²) in [5, 5.41) is 0. The lowest BCUT2D eigenvalue weighted by molar-refractivity contribution is 0.149. The molecular weight excluding hydrogens is 376 g/mol. The molecule has 1 aromatic rings. The van der Waals surface area contributed by atoms with Gasteiger partial charge in [-0.3, -0.25) is 0 Å². The van der Waals surface area contributed by atoms with Crippen LogP contribution in [0.15, 0.2) is 61.2 Å². The number of rotatable bonds is 11. The highest BCUT2D eigenvalue weighted by molar-refractivity contribution is 5.27. The van der Waals surface area contributed by atoms with Crippen LogP contribution in [0.3, 0.4) is 0 Å². The highest BCUT2D eigenvalue weighted by Crippen LogP contribution is 2.44. The molecule has 0 aromatic heterocycles. The number of hydrogen-bond donors (Lipinski definition) is 0. The summed E-state index contributed by atoms with van der Waals surface area (Å²) in [7, 11) is 0. The van der Waals surface area contributed by atoms with Crippen LogP contribution in [0, 0.1) is 17.3 Å². The third-order valence-corrected chi connectivity index (χ3v) is 8.01. The molecule has 0 bridgehead atoms. The normalized spacial score (nSPS) is 24.0. The Bertz CT molecular complexity index is 696. The Hall–Kier alpha value is -1.60. The van der Waals surface area contributed by atoms with Crippen LogP contribution in [-0.4, -0.2) is 6.61 Å². The minimum atomic E-state index is 0.465. The van der Waals surface area contributed by atoms with Crippen LogP contribution in [0.5, 0.6) is 0 Å². The van der Waals surface area contributed by atoms with E-state index in [-0.39, 0.29) is 0 Å². The fraction of sp³-hybridized carbons (Fsp3) is 0.600. The summed E-state index contributed by atoms with van der Waals surface area (Å²) in [6.07, 6.45) is 23.0. The first-order chi connectivity index (χ1) is 15.2. The van der Waals surface area contributed by atoms with Gasteiger partial charge in [0.2, 0.25) is 0 Å². The first-order valence-corrected chi connectivity index (χ1v) is 12.7. The minimum absolute atomic E-state index is 0.465. The lowest BCUT2D eigenvalue weighted by atomic mass is 9.68. The van der Waals surface area contributed by atoms with E-state index in [9.17, 15) is 0 Å². The van der Waals surface area contributed by atoms with E-state index >= 15 is 0 Å². The maximum atomic E-state index is 5.55. The molecule has 0 saturated heterocycles. The molecule has 1 heteroatoms. The van der Waals surface area contributed by atoms with E-state index in [2.05, 4.69) is 56.5 Å². The average Bonchev–Trinajstić information content (AvgIpc) is 2.83. The number of benzene rings is 1. The first kappa shape index (κ1) is 24.1. The van der Waals surface area contributed by atoms with E-state index in [0.29, 0.717) is 18.6 Å². The molecule has 0 atom stereocenters. The number of allylic oxidation sites excluding steroid dienone is 3. The van der Waals surface area contributed by atoms with Crippen LogP contribution >= 0.6 is 0 Å². The zero-order chi connectivity index (χ0) is 21.9. The summed E-state index contributed by atoms with van der Waals surface area (Å²) >= 11 is 0. The third kappa shape index (κ3) is 7.21. The largest absolute Gasteiger partial charge is 0.373 e. The standard InChI is InChI=1S/C30H44O/c1-4-22-31-24-27-12-10-26(11-13-27)23-28(5-2)29-16-14-25(15-17-29)18-21-30(6-3)19-8-7-9-20-30/h4-6,10-13,25,29H,1,3,7-9,14-24H2,2H3. The second-order valence-corrected chi connectivity index (χ2v) is 10.0. The molecule has 0 unspecified atom stereocenters. The molecule has 2 saturated carbocycles. The molecule has 0 amide bonds. The van der Waals surface area contributed by atoms with E-state index in [1.807, 2.05) is 0 Å². The summed E-state index contributed by atoms with van der Waals surface area (Å²) in [5.41, 5.74) is 4.77. The van der Waals surface area contributed by atoms with E-state index in [1.165, 1.54) is 81.8 Å². The Balaban J connectivity index is 1.44. The van der Waals surface area contributed by atoms with Crippen LogP contribution < -0.4 is 0 Å². The minimum Gasteiger partial charge on any atom is -0.373 e. The summed E-state index contributed by atoms with van der Waals surface area (Å²) in [4.78, 5) is 0. The van der Waals surface area contributed by atoms with Gasteiger partial charge < -0.3 is 4.74 Å². The topological polar surface area (TPSA) is 9.23 Å². The Labute approximate surface area is 191 Å². The van der Waals surface area contributed by atoms with Gasteiger partial charge in [-0.15, -0.1) is 13.2 Å². The molecule has 0 N–H and O–H groups in total. The van der Waals surface area contributed by atoms with Gasteiger partial charge in [-0.05, 0) is 93.1 Å². The van der Waals surface area contributed by atoms with Crippen LogP contribution in [-0.2, 0) is 17.8 Å². The van der Waals surface area contributed by atoms with Gasteiger partial charge in [-0.25, -0.2) is 0 Å². The molecule has 1 nitrogen and oxygen atoms in total. The molecule has 2 aliphatic carbocycles. The van der Waals surface area contributed by atoms with Crippen LogP contribution in [0.2, 0.25) is 0 Å². The fourth-order valence-corrected chi connectivity index (χ4v) is 5.86. The van der Waals surface area contributed by atoms with Crippen molar-refractivity contribution >= 4 is 0 Å².